The summed E-state index contributed by atoms with van der Waals surface area (Å²) >= 11 is 0. The number of ether oxygens (including phenoxy) is 1. The van der Waals surface area contributed by atoms with E-state index < -0.39 is 17.9 Å². The van der Waals surface area contributed by atoms with Crippen molar-refractivity contribution >= 4 is 11.7 Å². The van der Waals surface area contributed by atoms with Gasteiger partial charge in [-0.3, -0.25) is 0 Å². The van der Waals surface area contributed by atoms with Crippen molar-refractivity contribution < 1.29 is 31.6 Å². The van der Waals surface area contributed by atoms with Gasteiger partial charge in [-0.2, -0.15) is 18.2 Å². The molecular weight excluding hydrogens is 420 g/mol. The van der Waals surface area contributed by atoms with E-state index in [0.29, 0.717) is 36.5 Å². The average molecular weight is 436 g/mol. The van der Waals surface area contributed by atoms with E-state index in [9.17, 15) is 22.4 Å². The van der Waals surface area contributed by atoms with Crippen LogP contribution in [0.1, 0.15) is 12.3 Å². The van der Waals surface area contributed by atoms with Crippen LogP contribution in [0.2, 0.25) is 0 Å². The molecular formula is C20H16F4N4O3. The summed E-state index contributed by atoms with van der Waals surface area (Å²) in [6, 6.07) is 11.4. The van der Waals surface area contributed by atoms with E-state index in [0.717, 1.165) is 0 Å². The molecule has 1 atom stereocenters. The fraction of sp³-hybridized carbons (Fsp3) is 0.250. The molecule has 0 radical (unpaired) electrons. The number of aromatic nitrogens is 2. The Hall–Kier alpha value is -3.63. The number of nitrogens with one attached hydrogen (secondary N) is 1. The lowest BCUT2D eigenvalue weighted by Gasteiger charge is -2.18. The van der Waals surface area contributed by atoms with Gasteiger partial charge in [-0.25, -0.2) is 9.18 Å². The number of rotatable bonds is 4. The summed E-state index contributed by atoms with van der Waals surface area (Å²) in [5, 5.41) is 6.03. The number of halogens is 4. The Kier molecular flexibility index (Phi) is 5.49. The Labute approximate surface area is 173 Å². The molecule has 3 aromatic rings. The van der Waals surface area contributed by atoms with Gasteiger partial charge < -0.3 is 19.5 Å². The number of nitrogens with zero attached hydrogens (tertiary/aromatic N) is 3. The summed E-state index contributed by atoms with van der Waals surface area (Å²) < 4.78 is 60.8. The summed E-state index contributed by atoms with van der Waals surface area (Å²) in [5.74, 6) is -1.48. The molecule has 7 nitrogen and oxygen atoms in total. The smallest absolute Gasteiger partial charge is 0.471 e. The van der Waals surface area contributed by atoms with Gasteiger partial charge in [0.05, 0.1) is 6.54 Å². The summed E-state index contributed by atoms with van der Waals surface area (Å²) in [7, 11) is 0. The predicted octanol–water partition coefficient (Wildman–Crippen LogP) is 4.58. The minimum Gasteiger partial charge on any atom is -0.489 e. The lowest BCUT2D eigenvalue weighted by atomic mass is 10.2. The van der Waals surface area contributed by atoms with Gasteiger partial charge >= 0.3 is 18.1 Å². The first-order valence-electron chi connectivity index (χ1n) is 9.27. The molecule has 1 N–H and O–H groups in total. The minimum atomic E-state index is -4.70. The zero-order valence-electron chi connectivity index (χ0n) is 15.9. The molecule has 2 heterocycles. The van der Waals surface area contributed by atoms with E-state index in [4.69, 9.17) is 4.74 Å². The number of carbonyl (C=O) groups is 1. The molecule has 1 aliphatic rings. The van der Waals surface area contributed by atoms with Crippen molar-refractivity contribution in [3.63, 3.8) is 0 Å². The van der Waals surface area contributed by atoms with Gasteiger partial charge in [-0.15, -0.1) is 0 Å². The number of benzene rings is 2. The third kappa shape index (κ3) is 4.93. The molecule has 31 heavy (non-hydrogen) atoms. The third-order valence-corrected chi connectivity index (χ3v) is 4.61. The van der Waals surface area contributed by atoms with Crippen molar-refractivity contribution in [2.45, 2.75) is 18.7 Å². The Balaban J connectivity index is 1.32. The highest BCUT2D eigenvalue weighted by Gasteiger charge is 2.38. The second-order valence-corrected chi connectivity index (χ2v) is 6.86. The molecule has 0 spiro atoms. The molecule has 0 bridgehead atoms. The van der Waals surface area contributed by atoms with Crippen LogP contribution in [0.25, 0.3) is 11.4 Å². The Morgan fingerprint density at radius 1 is 1.13 bits per heavy atom. The van der Waals surface area contributed by atoms with Crippen molar-refractivity contribution in [3.8, 4) is 17.1 Å². The highest BCUT2D eigenvalue weighted by atomic mass is 19.4. The average Bonchev–Trinajstić information content (AvgIpc) is 3.40. The van der Waals surface area contributed by atoms with Crippen molar-refractivity contribution in [1.29, 1.82) is 0 Å². The van der Waals surface area contributed by atoms with Crippen LogP contribution in [0, 0.1) is 5.82 Å². The molecule has 1 aromatic heterocycles. The summed E-state index contributed by atoms with van der Waals surface area (Å²) in [6.45, 7) is 0.841. The first-order chi connectivity index (χ1) is 14.8. The number of alkyl halides is 3. The van der Waals surface area contributed by atoms with Gasteiger partial charge in [0.2, 0.25) is 5.82 Å². The second kappa shape index (κ2) is 8.25. The van der Waals surface area contributed by atoms with Gasteiger partial charge in [-0.1, -0.05) is 5.16 Å². The molecule has 162 valence electrons. The van der Waals surface area contributed by atoms with E-state index in [2.05, 4.69) is 20.0 Å². The van der Waals surface area contributed by atoms with E-state index >= 15 is 0 Å². The SMILES string of the molecule is O=C(Nc1ccc(F)cc1)N1CCC(Oc2ccc(-c3noc(C(F)(F)F)n3)cc2)C1. The first-order valence-corrected chi connectivity index (χ1v) is 9.27. The van der Waals surface area contributed by atoms with Gasteiger partial charge in [0.1, 0.15) is 17.7 Å². The number of amides is 2. The molecule has 0 saturated carbocycles. The van der Waals surface area contributed by atoms with Crippen LogP contribution >= 0.6 is 0 Å². The van der Waals surface area contributed by atoms with Crippen LogP contribution in [0.3, 0.4) is 0 Å². The largest absolute Gasteiger partial charge is 0.489 e. The van der Waals surface area contributed by atoms with Gasteiger partial charge in [0.25, 0.3) is 0 Å². The van der Waals surface area contributed by atoms with Gasteiger partial charge in [0, 0.05) is 24.2 Å². The fourth-order valence-corrected chi connectivity index (χ4v) is 3.08. The standard InChI is InChI=1S/C20H16F4N4O3/c21-13-3-5-14(6-4-13)25-19(29)28-10-9-16(11-28)30-15-7-1-12(2-8-15)17-26-18(31-27-17)20(22,23)24/h1-8,16H,9-11H2,(H,25,29). The van der Waals surface area contributed by atoms with Crippen LogP contribution < -0.4 is 10.1 Å². The minimum absolute atomic E-state index is 0.177. The molecule has 11 heteroatoms. The Bertz CT molecular complexity index is 1050. The summed E-state index contributed by atoms with van der Waals surface area (Å²) in [5.41, 5.74) is 0.833. The van der Waals surface area contributed by atoms with Crippen LogP contribution in [0.4, 0.5) is 28.0 Å². The number of likely N-dealkylation sites (tertiary alicyclic amines) is 1. The van der Waals surface area contributed by atoms with Crippen LogP contribution in [0.5, 0.6) is 5.75 Å². The topological polar surface area (TPSA) is 80.5 Å². The molecule has 4 rings (SSSR count). The van der Waals surface area contributed by atoms with E-state index in [1.165, 1.54) is 36.4 Å². The predicted molar refractivity (Wildman–Crippen MR) is 101 cm³/mol. The quantitative estimate of drug-likeness (QED) is 0.606. The second-order valence-electron chi connectivity index (χ2n) is 6.86. The summed E-state index contributed by atoms with van der Waals surface area (Å²) in [4.78, 5) is 17.3. The molecule has 1 aliphatic heterocycles. The number of urea groups is 1. The van der Waals surface area contributed by atoms with Crippen molar-refractivity contribution in [3.05, 3.63) is 60.2 Å². The third-order valence-electron chi connectivity index (χ3n) is 4.61. The van der Waals surface area contributed by atoms with Crippen LogP contribution in [0.15, 0.2) is 53.1 Å². The molecule has 0 aliphatic carbocycles. The number of anilines is 1. The maximum Gasteiger partial charge on any atom is 0.471 e. The first kappa shape index (κ1) is 20.6. The summed E-state index contributed by atoms with van der Waals surface area (Å²) in [6.07, 6.45) is -4.34. The van der Waals surface area contributed by atoms with E-state index in [1.54, 1.807) is 17.0 Å². The zero-order chi connectivity index (χ0) is 22.0. The number of hydrogen-bond acceptors (Lipinski definition) is 5. The molecule has 1 saturated heterocycles. The Morgan fingerprint density at radius 2 is 1.84 bits per heavy atom. The number of carbonyl (C=O) groups excluding carboxylic acids is 1. The molecule has 2 aromatic carbocycles. The zero-order valence-corrected chi connectivity index (χ0v) is 15.9. The van der Waals surface area contributed by atoms with Crippen LogP contribution in [-0.2, 0) is 6.18 Å². The van der Waals surface area contributed by atoms with Crippen molar-refractivity contribution in [1.82, 2.24) is 15.0 Å². The van der Waals surface area contributed by atoms with E-state index in [1.807, 2.05) is 0 Å². The number of hydrogen-bond donors (Lipinski definition) is 1. The van der Waals surface area contributed by atoms with Gasteiger partial charge in [-0.05, 0) is 48.5 Å². The highest BCUT2D eigenvalue weighted by molar-refractivity contribution is 5.89. The van der Waals surface area contributed by atoms with E-state index in [-0.39, 0.29) is 18.0 Å². The maximum absolute atomic E-state index is 13.0. The fourth-order valence-electron chi connectivity index (χ4n) is 3.08. The lowest BCUT2D eigenvalue weighted by molar-refractivity contribution is -0.159. The Morgan fingerprint density at radius 3 is 2.48 bits per heavy atom. The molecule has 2 amide bonds. The molecule has 1 unspecified atom stereocenters. The maximum atomic E-state index is 13.0. The highest BCUT2D eigenvalue weighted by Crippen LogP contribution is 2.30. The van der Waals surface area contributed by atoms with Gasteiger partial charge in [0.15, 0.2) is 0 Å². The van der Waals surface area contributed by atoms with Crippen LogP contribution in [-0.4, -0.2) is 40.3 Å². The molecule has 1 fully saturated rings. The monoisotopic (exact) mass is 436 g/mol. The van der Waals surface area contributed by atoms with Crippen molar-refractivity contribution in [2.75, 3.05) is 18.4 Å². The van der Waals surface area contributed by atoms with Crippen molar-refractivity contribution in [2.24, 2.45) is 0 Å². The lowest BCUT2D eigenvalue weighted by Crippen LogP contribution is -2.34. The normalized spacial score (nSPS) is 16.4.